The van der Waals surface area contributed by atoms with Gasteiger partial charge >= 0.3 is 0 Å². The number of hydrogen-bond acceptors (Lipinski definition) is 3. The summed E-state index contributed by atoms with van der Waals surface area (Å²) >= 11 is 5.23. The summed E-state index contributed by atoms with van der Waals surface area (Å²) in [6.07, 6.45) is 3.79. The van der Waals surface area contributed by atoms with E-state index in [0.29, 0.717) is 0 Å². The smallest absolute Gasteiger partial charge is 0.0948 e. The van der Waals surface area contributed by atoms with E-state index in [-0.39, 0.29) is 0 Å². The second kappa shape index (κ2) is 5.61. The topological polar surface area (TPSA) is 29.9 Å². The Hall–Kier alpha value is -0.650. The maximum atomic E-state index is 4.14. The van der Waals surface area contributed by atoms with Gasteiger partial charge in [-0.3, -0.25) is 0 Å². The van der Waals surface area contributed by atoms with Crippen molar-refractivity contribution in [1.29, 1.82) is 0 Å². The summed E-state index contributed by atoms with van der Waals surface area (Å²) in [6.45, 7) is 4.87. The summed E-state index contributed by atoms with van der Waals surface area (Å²) in [7, 11) is 0. The Morgan fingerprint density at radius 3 is 3.00 bits per heavy atom. The van der Waals surface area contributed by atoms with Crippen LogP contribution in [0.1, 0.15) is 17.5 Å². The molecule has 0 saturated heterocycles. The Bertz CT molecular complexity index is 450. The summed E-state index contributed by atoms with van der Waals surface area (Å²) < 4.78 is 3.33. The minimum Gasteiger partial charge on any atom is -0.334 e. The molecule has 0 aromatic carbocycles. The summed E-state index contributed by atoms with van der Waals surface area (Å²) in [6, 6.07) is 4.22. The zero-order chi connectivity index (χ0) is 11.4. The van der Waals surface area contributed by atoms with Crippen LogP contribution in [0.2, 0.25) is 0 Å². The molecule has 3 nitrogen and oxygen atoms in total. The molecular weight excluding hydrogens is 286 g/mol. The molecule has 0 unspecified atom stereocenters. The van der Waals surface area contributed by atoms with Crippen LogP contribution >= 0.6 is 27.3 Å². The van der Waals surface area contributed by atoms with Crippen LogP contribution in [-0.2, 0) is 19.6 Å². The molecule has 5 heteroatoms. The van der Waals surface area contributed by atoms with Crippen LogP contribution < -0.4 is 5.32 Å². The third-order valence-corrected chi connectivity index (χ3v) is 4.00. The van der Waals surface area contributed by atoms with E-state index in [9.17, 15) is 0 Å². The summed E-state index contributed by atoms with van der Waals surface area (Å²) in [5, 5.41) is 3.42. The lowest BCUT2D eigenvalue weighted by molar-refractivity contribution is 0.632. The van der Waals surface area contributed by atoms with Gasteiger partial charge < -0.3 is 9.88 Å². The Morgan fingerprint density at radius 1 is 1.44 bits per heavy atom. The van der Waals surface area contributed by atoms with Crippen molar-refractivity contribution in [1.82, 2.24) is 14.9 Å². The van der Waals surface area contributed by atoms with Crippen molar-refractivity contribution in [3.8, 4) is 0 Å². The van der Waals surface area contributed by atoms with Gasteiger partial charge in [0.05, 0.1) is 15.8 Å². The quantitative estimate of drug-likeness (QED) is 0.920. The number of thiophene rings is 1. The normalized spacial score (nSPS) is 10.9. The fourth-order valence-corrected chi connectivity index (χ4v) is 2.99. The molecular formula is C11H14BrN3S. The first-order chi connectivity index (χ1) is 7.79. The number of rotatable bonds is 5. The molecule has 0 amide bonds. The van der Waals surface area contributed by atoms with Gasteiger partial charge in [-0.2, -0.15) is 0 Å². The molecule has 0 bridgehead atoms. The van der Waals surface area contributed by atoms with Crippen LogP contribution in [0, 0.1) is 0 Å². The van der Waals surface area contributed by atoms with Crippen LogP contribution in [0.4, 0.5) is 0 Å². The molecule has 2 heterocycles. The van der Waals surface area contributed by atoms with Gasteiger partial charge in [0.2, 0.25) is 0 Å². The Balaban J connectivity index is 1.84. The molecule has 16 heavy (non-hydrogen) atoms. The van der Waals surface area contributed by atoms with Crippen molar-refractivity contribution in [2.24, 2.45) is 0 Å². The average Bonchev–Trinajstić information content (AvgIpc) is 2.87. The molecule has 0 aliphatic rings. The van der Waals surface area contributed by atoms with Crippen LogP contribution in [-0.4, -0.2) is 9.55 Å². The monoisotopic (exact) mass is 299 g/mol. The molecule has 0 fully saturated rings. The van der Waals surface area contributed by atoms with E-state index in [2.05, 4.69) is 49.9 Å². The lowest BCUT2D eigenvalue weighted by Crippen LogP contribution is -2.14. The van der Waals surface area contributed by atoms with E-state index in [4.69, 9.17) is 0 Å². The largest absolute Gasteiger partial charge is 0.334 e. The van der Waals surface area contributed by atoms with Crippen LogP contribution in [0.5, 0.6) is 0 Å². The Morgan fingerprint density at radius 2 is 2.31 bits per heavy atom. The molecule has 2 aromatic rings. The van der Waals surface area contributed by atoms with Gasteiger partial charge in [-0.1, -0.05) is 0 Å². The summed E-state index contributed by atoms with van der Waals surface area (Å²) in [4.78, 5) is 5.48. The van der Waals surface area contributed by atoms with Crippen LogP contribution in [0.25, 0.3) is 0 Å². The molecule has 0 radical (unpaired) electrons. The second-order valence-electron chi connectivity index (χ2n) is 3.48. The number of imidazole rings is 1. The van der Waals surface area contributed by atoms with Gasteiger partial charge in [-0.15, -0.1) is 11.3 Å². The molecule has 0 aliphatic carbocycles. The summed E-state index contributed by atoms with van der Waals surface area (Å²) in [5.74, 6) is 0. The number of aromatic nitrogens is 2. The van der Waals surface area contributed by atoms with Gasteiger partial charge in [0.15, 0.2) is 0 Å². The number of halogens is 1. The first kappa shape index (κ1) is 11.8. The number of aryl methyl sites for hydroxylation is 1. The van der Waals surface area contributed by atoms with E-state index >= 15 is 0 Å². The maximum Gasteiger partial charge on any atom is 0.0948 e. The van der Waals surface area contributed by atoms with E-state index in [1.807, 2.05) is 12.5 Å². The standard InChI is InChI=1S/C11H14BrN3S/c1-2-15-8-14-6-9(15)5-13-7-10-3-4-11(12)16-10/h3-4,6,8,13H,2,5,7H2,1H3. The van der Waals surface area contributed by atoms with Gasteiger partial charge in [0.1, 0.15) is 0 Å². The highest BCUT2D eigenvalue weighted by atomic mass is 79.9. The zero-order valence-corrected chi connectivity index (χ0v) is 11.5. The third-order valence-electron chi connectivity index (χ3n) is 2.37. The molecule has 2 aromatic heterocycles. The van der Waals surface area contributed by atoms with E-state index in [1.54, 1.807) is 11.3 Å². The minimum absolute atomic E-state index is 0.864. The predicted octanol–water partition coefficient (Wildman–Crippen LogP) is 3.02. The molecule has 0 aliphatic heterocycles. The molecule has 0 saturated carbocycles. The third kappa shape index (κ3) is 2.93. The van der Waals surface area contributed by atoms with Gasteiger partial charge in [0.25, 0.3) is 0 Å². The van der Waals surface area contributed by atoms with Crippen molar-refractivity contribution < 1.29 is 0 Å². The highest BCUT2D eigenvalue weighted by Crippen LogP contribution is 2.21. The van der Waals surface area contributed by atoms with Crippen molar-refractivity contribution in [3.05, 3.63) is 39.0 Å². The lowest BCUT2D eigenvalue weighted by atomic mass is 10.4. The molecule has 86 valence electrons. The van der Waals surface area contributed by atoms with Crippen molar-refractivity contribution in [2.75, 3.05) is 0 Å². The molecule has 2 rings (SSSR count). The highest BCUT2D eigenvalue weighted by Gasteiger charge is 2.01. The molecule has 1 N–H and O–H groups in total. The number of nitrogens with zero attached hydrogens (tertiary/aromatic N) is 2. The Labute approximate surface area is 108 Å². The predicted molar refractivity (Wildman–Crippen MR) is 70.5 cm³/mol. The fraction of sp³-hybridized carbons (Fsp3) is 0.364. The SMILES string of the molecule is CCn1cncc1CNCc1ccc(Br)s1. The lowest BCUT2D eigenvalue weighted by Gasteiger charge is -2.05. The van der Waals surface area contributed by atoms with Crippen LogP contribution in [0.15, 0.2) is 28.4 Å². The second-order valence-corrected chi connectivity index (χ2v) is 6.03. The van der Waals surface area contributed by atoms with E-state index in [1.165, 1.54) is 14.4 Å². The summed E-state index contributed by atoms with van der Waals surface area (Å²) in [5.41, 5.74) is 1.23. The fourth-order valence-electron chi connectivity index (χ4n) is 1.54. The van der Waals surface area contributed by atoms with Crippen molar-refractivity contribution in [3.63, 3.8) is 0 Å². The average molecular weight is 300 g/mol. The first-order valence-electron chi connectivity index (χ1n) is 5.23. The van der Waals surface area contributed by atoms with E-state index < -0.39 is 0 Å². The highest BCUT2D eigenvalue weighted by molar-refractivity contribution is 9.11. The minimum atomic E-state index is 0.864. The zero-order valence-electron chi connectivity index (χ0n) is 9.11. The van der Waals surface area contributed by atoms with Gasteiger partial charge in [-0.25, -0.2) is 4.98 Å². The van der Waals surface area contributed by atoms with Crippen molar-refractivity contribution in [2.45, 2.75) is 26.6 Å². The number of hydrogen-bond donors (Lipinski definition) is 1. The van der Waals surface area contributed by atoms with E-state index in [0.717, 1.165) is 19.6 Å². The molecule has 0 atom stereocenters. The van der Waals surface area contributed by atoms with Gasteiger partial charge in [0, 0.05) is 30.7 Å². The van der Waals surface area contributed by atoms with Gasteiger partial charge in [-0.05, 0) is 35.0 Å². The van der Waals surface area contributed by atoms with Crippen LogP contribution in [0.3, 0.4) is 0 Å². The Kier molecular flexibility index (Phi) is 4.15. The van der Waals surface area contributed by atoms with Crippen molar-refractivity contribution >= 4 is 27.3 Å². The molecule has 0 spiro atoms. The number of nitrogens with one attached hydrogen (secondary N) is 1. The first-order valence-corrected chi connectivity index (χ1v) is 6.84. The maximum absolute atomic E-state index is 4.14.